The number of hydrogen-bond acceptors (Lipinski definition) is 5. The molecule has 0 aliphatic rings. The van der Waals surface area contributed by atoms with Crippen molar-refractivity contribution in [2.75, 3.05) is 5.32 Å². The zero-order valence-electron chi connectivity index (χ0n) is 11.8. The van der Waals surface area contributed by atoms with Gasteiger partial charge in [-0.1, -0.05) is 25.5 Å². The lowest BCUT2D eigenvalue weighted by Crippen LogP contribution is -2.12. The van der Waals surface area contributed by atoms with Crippen LogP contribution >= 0.6 is 0 Å². The fourth-order valence-electron chi connectivity index (χ4n) is 1.88. The standard InChI is InChI=1S/C14H18N4O2S/c1-2-3-12-8-14(18-10-17-12)16-9-11-4-6-13(7-5-11)21(15,19)20/h4-8,10H,2-3,9H2,1H3,(H2,15,19,20)(H,16,17,18). The van der Waals surface area contributed by atoms with Crippen LogP contribution in [0.4, 0.5) is 5.82 Å². The predicted molar refractivity (Wildman–Crippen MR) is 81.2 cm³/mol. The molecule has 0 saturated heterocycles. The second-order valence-corrected chi connectivity index (χ2v) is 6.25. The largest absolute Gasteiger partial charge is 0.366 e. The third-order valence-electron chi connectivity index (χ3n) is 2.96. The molecular weight excluding hydrogens is 288 g/mol. The van der Waals surface area contributed by atoms with Gasteiger partial charge in [0.25, 0.3) is 0 Å². The number of aromatic nitrogens is 2. The van der Waals surface area contributed by atoms with Gasteiger partial charge in [-0.05, 0) is 24.1 Å². The molecule has 2 rings (SSSR count). The number of aryl methyl sites for hydroxylation is 1. The molecule has 0 amide bonds. The molecule has 0 saturated carbocycles. The Morgan fingerprint density at radius 3 is 2.52 bits per heavy atom. The summed E-state index contributed by atoms with van der Waals surface area (Å²) in [5, 5.41) is 8.24. The summed E-state index contributed by atoms with van der Waals surface area (Å²) >= 11 is 0. The van der Waals surface area contributed by atoms with Gasteiger partial charge in [-0.25, -0.2) is 23.5 Å². The van der Waals surface area contributed by atoms with Crippen LogP contribution < -0.4 is 10.5 Å². The summed E-state index contributed by atoms with van der Waals surface area (Å²) in [7, 11) is -3.64. The van der Waals surface area contributed by atoms with Crippen molar-refractivity contribution in [1.82, 2.24) is 9.97 Å². The van der Waals surface area contributed by atoms with Crippen molar-refractivity contribution in [3.8, 4) is 0 Å². The van der Waals surface area contributed by atoms with Crippen molar-refractivity contribution >= 4 is 15.8 Å². The van der Waals surface area contributed by atoms with E-state index in [-0.39, 0.29) is 4.90 Å². The molecule has 7 heteroatoms. The molecule has 3 N–H and O–H groups in total. The number of nitrogens with one attached hydrogen (secondary N) is 1. The van der Waals surface area contributed by atoms with Crippen LogP contribution in [0.3, 0.4) is 0 Å². The molecule has 0 aliphatic carbocycles. The van der Waals surface area contributed by atoms with Crippen LogP contribution in [0, 0.1) is 0 Å². The number of nitrogens with two attached hydrogens (primary N) is 1. The minimum Gasteiger partial charge on any atom is -0.366 e. The van der Waals surface area contributed by atoms with Crippen LogP contribution in [0.2, 0.25) is 0 Å². The Kier molecular flexibility index (Phi) is 4.87. The average molecular weight is 306 g/mol. The summed E-state index contributed by atoms with van der Waals surface area (Å²) in [5.74, 6) is 0.754. The first-order chi connectivity index (χ1) is 9.99. The molecule has 0 radical (unpaired) electrons. The third-order valence-corrected chi connectivity index (χ3v) is 3.88. The molecular formula is C14H18N4O2S. The van der Waals surface area contributed by atoms with Gasteiger partial charge in [-0.3, -0.25) is 0 Å². The van der Waals surface area contributed by atoms with E-state index in [0.29, 0.717) is 6.54 Å². The van der Waals surface area contributed by atoms with Crippen molar-refractivity contribution in [3.63, 3.8) is 0 Å². The number of anilines is 1. The number of primary sulfonamides is 1. The summed E-state index contributed by atoms with van der Waals surface area (Å²) < 4.78 is 22.3. The highest BCUT2D eigenvalue weighted by molar-refractivity contribution is 7.89. The number of nitrogens with zero attached hydrogens (tertiary/aromatic N) is 2. The van der Waals surface area contributed by atoms with E-state index >= 15 is 0 Å². The van der Waals surface area contributed by atoms with Crippen LogP contribution in [-0.4, -0.2) is 18.4 Å². The second kappa shape index (κ2) is 6.64. The minimum absolute atomic E-state index is 0.110. The first kappa shape index (κ1) is 15.4. The Morgan fingerprint density at radius 1 is 1.19 bits per heavy atom. The van der Waals surface area contributed by atoms with E-state index in [1.807, 2.05) is 6.07 Å². The molecule has 1 aromatic carbocycles. The van der Waals surface area contributed by atoms with Gasteiger partial charge < -0.3 is 5.32 Å². The zero-order valence-corrected chi connectivity index (χ0v) is 12.6. The van der Waals surface area contributed by atoms with Crippen LogP contribution in [0.25, 0.3) is 0 Å². The topological polar surface area (TPSA) is 98.0 Å². The Bertz CT molecular complexity index is 699. The first-order valence-electron chi connectivity index (χ1n) is 6.65. The Labute approximate surface area is 124 Å². The minimum atomic E-state index is -3.64. The Balaban J connectivity index is 2.01. The lowest BCUT2D eigenvalue weighted by molar-refractivity contribution is 0.598. The van der Waals surface area contributed by atoms with Crippen molar-refractivity contribution in [2.45, 2.75) is 31.2 Å². The maximum atomic E-state index is 11.2. The van der Waals surface area contributed by atoms with E-state index in [9.17, 15) is 8.42 Å². The van der Waals surface area contributed by atoms with E-state index in [1.165, 1.54) is 18.5 Å². The molecule has 0 bridgehead atoms. The fraction of sp³-hybridized carbons (Fsp3) is 0.286. The van der Waals surface area contributed by atoms with Gasteiger partial charge in [0.15, 0.2) is 0 Å². The van der Waals surface area contributed by atoms with Gasteiger partial charge in [0, 0.05) is 18.3 Å². The van der Waals surface area contributed by atoms with Crippen molar-refractivity contribution in [1.29, 1.82) is 0 Å². The average Bonchev–Trinajstić information content (AvgIpc) is 2.45. The van der Waals surface area contributed by atoms with E-state index in [1.54, 1.807) is 12.1 Å². The van der Waals surface area contributed by atoms with Gasteiger partial charge in [-0.15, -0.1) is 0 Å². The molecule has 1 aromatic heterocycles. The maximum Gasteiger partial charge on any atom is 0.238 e. The fourth-order valence-corrected chi connectivity index (χ4v) is 2.39. The number of rotatable bonds is 6. The summed E-state index contributed by atoms with van der Waals surface area (Å²) in [4.78, 5) is 8.46. The van der Waals surface area contributed by atoms with Gasteiger partial charge in [0.05, 0.1) is 4.90 Å². The normalized spacial score (nSPS) is 11.3. The molecule has 6 nitrogen and oxygen atoms in total. The molecule has 0 aliphatic heterocycles. The lowest BCUT2D eigenvalue weighted by atomic mass is 10.2. The smallest absolute Gasteiger partial charge is 0.238 e. The molecule has 0 atom stereocenters. The number of hydrogen-bond donors (Lipinski definition) is 2. The van der Waals surface area contributed by atoms with Crippen molar-refractivity contribution in [2.24, 2.45) is 5.14 Å². The van der Waals surface area contributed by atoms with Crippen LogP contribution in [-0.2, 0) is 23.0 Å². The second-order valence-electron chi connectivity index (χ2n) is 4.69. The summed E-state index contributed by atoms with van der Waals surface area (Å²) in [6.07, 6.45) is 3.49. The van der Waals surface area contributed by atoms with Crippen LogP contribution in [0.15, 0.2) is 41.6 Å². The van der Waals surface area contributed by atoms with E-state index in [0.717, 1.165) is 29.9 Å². The Hall–Kier alpha value is -1.99. The first-order valence-corrected chi connectivity index (χ1v) is 8.20. The highest BCUT2D eigenvalue weighted by Gasteiger charge is 2.06. The maximum absolute atomic E-state index is 11.2. The Morgan fingerprint density at radius 2 is 1.90 bits per heavy atom. The summed E-state index contributed by atoms with van der Waals surface area (Å²) in [6, 6.07) is 8.35. The van der Waals surface area contributed by atoms with E-state index in [2.05, 4.69) is 22.2 Å². The van der Waals surface area contributed by atoms with Gasteiger partial charge in [0.2, 0.25) is 10.0 Å². The van der Waals surface area contributed by atoms with Crippen molar-refractivity contribution in [3.05, 3.63) is 47.9 Å². The molecule has 0 unspecified atom stereocenters. The van der Waals surface area contributed by atoms with Crippen LogP contribution in [0.5, 0.6) is 0 Å². The summed E-state index contributed by atoms with van der Waals surface area (Å²) in [6.45, 7) is 2.65. The molecule has 21 heavy (non-hydrogen) atoms. The number of benzene rings is 1. The molecule has 112 valence electrons. The van der Waals surface area contributed by atoms with E-state index in [4.69, 9.17) is 5.14 Å². The molecule has 0 fully saturated rings. The molecule has 1 heterocycles. The van der Waals surface area contributed by atoms with Gasteiger partial charge >= 0.3 is 0 Å². The highest BCUT2D eigenvalue weighted by atomic mass is 32.2. The SMILES string of the molecule is CCCc1cc(NCc2ccc(S(N)(=O)=O)cc2)ncn1. The monoisotopic (exact) mass is 306 g/mol. The summed E-state index contributed by atoms with van der Waals surface area (Å²) in [5.41, 5.74) is 1.94. The van der Waals surface area contributed by atoms with Gasteiger partial charge in [-0.2, -0.15) is 0 Å². The van der Waals surface area contributed by atoms with Gasteiger partial charge in [0.1, 0.15) is 12.1 Å². The third kappa shape index (κ3) is 4.51. The van der Waals surface area contributed by atoms with Crippen LogP contribution in [0.1, 0.15) is 24.6 Å². The quantitative estimate of drug-likeness (QED) is 0.846. The predicted octanol–water partition coefficient (Wildman–Crippen LogP) is 1.69. The van der Waals surface area contributed by atoms with E-state index < -0.39 is 10.0 Å². The zero-order chi connectivity index (χ0) is 15.3. The molecule has 2 aromatic rings. The lowest BCUT2D eigenvalue weighted by Gasteiger charge is -2.07. The molecule has 0 spiro atoms. The highest BCUT2D eigenvalue weighted by Crippen LogP contribution is 2.11. The van der Waals surface area contributed by atoms with Crippen molar-refractivity contribution < 1.29 is 8.42 Å². The number of sulfonamides is 1.